The summed E-state index contributed by atoms with van der Waals surface area (Å²) in [6.45, 7) is 6.69. The van der Waals surface area contributed by atoms with Crippen LogP contribution in [0.1, 0.15) is 45.8 Å². The molecule has 0 radical (unpaired) electrons. The largest absolute Gasteiger partial charge is 0.467 e. The predicted molar refractivity (Wildman–Crippen MR) is 87.5 cm³/mol. The van der Waals surface area contributed by atoms with Crippen molar-refractivity contribution in [3.63, 3.8) is 0 Å². The van der Waals surface area contributed by atoms with Crippen LogP contribution in [-0.2, 0) is 16.1 Å². The van der Waals surface area contributed by atoms with Crippen molar-refractivity contribution in [3.8, 4) is 0 Å². The van der Waals surface area contributed by atoms with Gasteiger partial charge in [-0.05, 0) is 43.2 Å². The highest BCUT2D eigenvalue weighted by molar-refractivity contribution is 6.35. The van der Waals surface area contributed by atoms with Crippen molar-refractivity contribution in [1.82, 2.24) is 10.7 Å². The lowest BCUT2D eigenvalue weighted by Gasteiger charge is -2.30. The molecule has 1 aliphatic rings. The van der Waals surface area contributed by atoms with Crippen LogP contribution in [-0.4, -0.2) is 17.5 Å². The highest BCUT2D eigenvalue weighted by Gasteiger charge is 2.27. The normalized spacial score (nSPS) is 23.0. The first-order valence-corrected chi connectivity index (χ1v) is 8.14. The maximum atomic E-state index is 11.8. The van der Waals surface area contributed by atoms with Crippen molar-refractivity contribution in [2.75, 3.05) is 0 Å². The van der Waals surface area contributed by atoms with Gasteiger partial charge in [-0.25, -0.2) is 5.43 Å². The number of hydrogen-bond donors (Lipinski definition) is 2. The van der Waals surface area contributed by atoms with E-state index in [1.165, 1.54) is 12.7 Å². The standard InChI is InChI=1S/C17H25N3O3/c1-11(2)14-7-6-12(3)9-15(14)19-20-17(22)16(21)18-10-13-5-4-8-23-13/h4-5,8,11-12,14H,6-7,9-10H2,1-3H3,(H,18,21)(H,20,22)/t12-,14-/m1/s1. The lowest BCUT2D eigenvalue weighted by Crippen LogP contribution is -2.39. The number of furan rings is 1. The summed E-state index contributed by atoms with van der Waals surface area (Å²) in [7, 11) is 0. The summed E-state index contributed by atoms with van der Waals surface area (Å²) in [4.78, 5) is 23.6. The molecule has 0 unspecified atom stereocenters. The van der Waals surface area contributed by atoms with Gasteiger partial charge in [-0.1, -0.05) is 20.8 Å². The summed E-state index contributed by atoms with van der Waals surface area (Å²) >= 11 is 0. The van der Waals surface area contributed by atoms with E-state index < -0.39 is 11.8 Å². The molecule has 1 saturated carbocycles. The number of carbonyl (C=O) groups is 2. The van der Waals surface area contributed by atoms with Gasteiger partial charge < -0.3 is 9.73 Å². The maximum Gasteiger partial charge on any atom is 0.329 e. The Hall–Kier alpha value is -2.11. The van der Waals surface area contributed by atoms with Crippen molar-refractivity contribution >= 4 is 17.5 Å². The molecular weight excluding hydrogens is 294 g/mol. The molecule has 2 atom stereocenters. The number of carbonyl (C=O) groups excluding carboxylic acids is 2. The molecule has 1 heterocycles. The SMILES string of the molecule is CC(C)[C@H]1CC[C@@H](C)CC1=NNC(=O)C(=O)NCc1ccco1. The molecular formula is C17H25N3O3. The number of amides is 2. The van der Waals surface area contributed by atoms with Crippen molar-refractivity contribution in [3.05, 3.63) is 24.2 Å². The molecule has 2 rings (SSSR count). The van der Waals surface area contributed by atoms with Gasteiger partial charge in [0.1, 0.15) is 5.76 Å². The van der Waals surface area contributed by atoms with Gasteiger partial charge in [-0.2, -0.15) is 5.10 Å². The molecule has 23 heavy (non-hydrogen) atoms. The molecule has 6 heteroatoms. The zero-order valence-electron chi connectivity index (χ0n) is 14.0. The lowest BCUT2D eigenvalue weighted by molar-refractivity contribution is -0.139. The topological polar surface area (TPSA) is 83.7 Å². The van der Waals surface area contributed by atoms with E-state index in [4.69, 9.17) is 4.42 Å². The highest BCUT2D eigenvalue weighted by atomic mass is 16.3. The summed E-state index contributed by atoms with van der Waals surface area (Å²) in [6, 6.07) is 3.46. The second-order valence-corrected chi connectivity index (χ2v) is 6.54. The van der Waals surface area contributed by atoms with Crippen molar-refractivity contribution in [1.29, 1.82) is 0 Å². The molecule has 0 saturated heterocycles. The maximum absolute atomic E-state index is 11.8. The van der Waals surface area contributed by atoms with Crippen LogP contribution in [0.4, 0.5) is 0 Å². The Labute approximate surface area is 136 Å². The minimum atomic E-state index is -0.746. The molecule has 0 aromatic carbocycles. The van der Waals surface area contributed by atoms with Crippen molar-refractivity contribution in [2.24, 2.45) is 22.9 Å². The Morgan fingerprint density at radius 2 is 2.13 bits per heavy atom. The van der Waals surface area contributed by atoms with Crippen LogP contribution >= 0.6 is 0 Å². The molecule has 0 spiro atoms. The highest BCUT2D eigenvalue weighted by Crippen LogP contribution is 2.31. The number of hydrogen-bond acceptors (Lipinski definition) is 4. The van der Waals surface area contributed by atoms with Crippen LogP contribution in [0.3, 0.4) is 0 Å². The van der Waals surface area contributed by atoms with Gasteiger partial charge in [0.2, 0.25) is 0 Å². The fourth-order valence-corrected chi connectivity index (χ4v) is 2.92. The summed E-state index contributed by atoms with van der Waals surface area (Å²) in [5.74, 6) is 0.552. The molecule has 1 aromatic heterocycles. The second kappa shape index (κ2) is 7.94. The van der Waals surface area contributed by atoms with E-state index in [-0.39, 0.29) is 6.54 Å². The summed E-state index contributed by atoms with van der Waals surface area (Å²) < 4.78 is 5.10. The molecule has 0 bridgehead atoms. The van der Waals surface area contributed by atoms with Crippen molar-refractivity contribution < 1.29 is 14.0 Å². The Kier molecular flexibility index (Phi) is 5.96. The Morgan fingerprint density at radius 1 is 1.35 bits per heavy atom. The molecule has 2 amide bonds. The van der Waals surface area contributed by atoms with Gasteiger partial charge in [0.15, 0.2) is 0 Å². The fourth-order valence-electron chi connectivity index (χ4n) is 2.92. The third-order valence-corrected chi connectivity index (χ3v) is 4.27. The van der Waals surface area contributed by atoms with E-state index in [1.54, 1.807) is 12.1 Å². The molecule has 0 aliphatic heterocycles. The average Bonchev–Trinajstić information content (AvgIpc) is 3.03. The third kappa shape index (κ3) is 4.94. The molecule has 2 N–H and O–H groups in total. The first kappa shape index (κ1) is 17.2. The van der Waals surface area contributed by atoms with Gasteiger partial charge in [0, 0.05) is 11.6 Å². The predicted octanol–water partition coefficient (Wildman–Crippen LogP) is 2.46. The molecule has 1 fully saturated rings. The van der Waals surface area contributed by atoms with E-state index in [0.717, 1.165) is 18.6 Å². The second-order valence-electron chi connectivity index (χ2n) is 6.54. The lowest BCUT2D eigenvalue weighted by atomic mass is 9.76. The molecule has 6 nitrogen and oxygen atoms in total. The monoisotopic (exact) mass is 319 g/mol. The molecule has 1 aromatic rings. The van der Waals surface area contributed by atoms with Gasteiger partial charge in [-0.3, -0.25) is 9.59 Å². The zero-order valence-corrected chi connectivity index (χ0v) is 14.0. The van der Waals surface area contributed by atoms with Gasteiger partial charge in [0.25, 0.3) is 0 Å². The van der Waals surface area contributed by atoms with E-state index in [1.807, 2.05) is 0 Å². The third-order valence-electron chi connectivity index (χ3n) is 4.27. The van der Waals surface area contributed by atoms with Crippen LogP contribution in [0.2, 0.25) is 0 Å². The number of nitrogens with one attached hydrogen (secondary N) is 2. The van der Waals surface area contributed by atoms with Crippen molar-refractivity contribution in [2.45, 2.75) is 46.6 Å². The van der Waals surface area contributed by atoms with Crippen LogP contribution < -0.4 is 10.7 Å². The average molecular weight is 319 g/mol. The minimum absolute atomic E-state index is 0.182. The van der Waals surface area contributed by atoms with Gasteiger partial charge in [-0.15, -0.1) is 0 Å². The van der Waals surface area contributed by atoms with Gasteiger partial charge >= 0.3 is 11.8 Å². The summed E-state index contributed by atoms with van der Waals surface area (Å²) in [5, 5.41) is 6.74. The van der Waals surface area contributed by atoms with E-state index in [9.17, 15) is 9.59 Å². The Bertz CT molecular complexity index is 564. The number of nitrogens with zero attached hydrogens (tertiary/aromatic N) is 1. The van der Waals surface area contributed by atoms with Crippen LogP contribution in [0.25, 0.3) is 0 Å². The smallest absolute Gasteiger partial charge is 0.329 e. The van der Waals surface area contributed by atoms with Crippen LogP contribution in [0.5, 0.6) is 0 Å². The zero-order chi connectivity index (χ0) is 16.8. The van der Waals surface area contributed by atoms with E-state index in [2.05, 4.69) is 36.6 Å². The molecule has 126 valence electrons. The van der Waals surface area contributed by atoms with Crippen LogP contribution in [0.15, 0.2) is 27.9 Å². The molecule has 1 aliphatic carbocycles. The van der Waals surface area contributed by atoms with Crippen LogP contribution in [0, 0.1) is 17.8 Å². The summed E-state index contributed by atoms with van der Waals surface area (Å²) in [5.41, 5.74) is 3.39. The Morgan fingerprint density at radius 3 is 2.78 bits per heavy atom. The first-order chi connectivity index (χ1) is 11.0. The first-order valence-electron chi connectivity index (χ1n) is 8.14. The summed E-state index contributed by atoms with van der Waals surface area (Å²) in [6.07, 6.45) is 4.65. The van der Waals surface area contributed by atoms with E-state index >= 15 is 0 Å². The number of hydrazone groups is 1. The Balaban J connectivity index is 1.88. The quantitative estimate of drug-likeness (QED) is 0.660. The minimum Gasteiger partial charge on any atom is -0.467 e. The van der Waals surface area contributed by atoms with E-state index in [0.29, 0.717) is 23.5 Å². The number of rotatable bonds is 4. The van der Waals surface area contributed by atoms with Gasteiger partial charge in [0.05, 0.1) is 12.8 Å². The fraction of sp³-hybridized carbons (Fsp3) is 0.588.